The number of oxime groups is 1. The summed E-state index contributed by atoms with van der Waals surface area (Å²) in [6, 6.07) is 2.00. The molecule has 3 nitrogen and oxygen atoms in total. The van der Waals surface area contributed by atoms with Crippen LogP contribution in [0, 0.1) is 5.82 Å². The maximum absolute atomic E-state index is 12.9. The van der Waals surface area contributed by atoms with Crippen molar-refractivity contribution in [3.05, 3.63) is 35.1 Å². The molecular weight excluding hydrogens is 216 g/mol. The third-order valence-electron chi connectivity index (χ3n) is 1.68. The van der Waals surface area contributed by atoms with E-state index in [0.29, 0.717) is 12.1 Å². The van der Waals surface area contributed by atoms with Crippen LogP contribution in [-0.2, 0) is 6.18 Å². The van der Waals surface area contributed by atoms with Crippen LogP contribution in [0.5, 0.6) is 0 Å². The van der Waals surface area contributed by atoms with Crippen molar-refractivity contribution in [2.75, 3.05) is 0 Å². The van der Waals surface area contributed by atoms with E-state index in [0.717, 1.165) is 6.07 Å². The number of amidine groups is 1. The maximum Gasteiger partial charge on any atom is 0.419 e. The third-order valence-corrected chi connectivity index (χ3v) is 1.68. The Balaban J connectivity index is 3.21. The molecule has 0 radical (unpaired) electrons. The molecule has 0 bridgehead atoms. The Morgan fingerprint density at radius 1 is 1.33 bits per heavy atom. The van der Waals surface area contributed by atoms with Gasteiger partial charge in [0.05, 0.1) is 5.56 Å². The third kappa shape index (κ3) is 2.36. The zero-order valence-corrected chi connectivity index (χ0v) is 7.22. The van der Waals surface area contributed by atoms with E-state index in [1.54, 1.807) is 0 Å². The summed E-state index contributed by atoms with van der Waals surface area (Å²) in [7, 11) is 0. The lowest BCUT2D eigenvalue weighted by Gasteiger charge is -2.08. The average molecular weight is 222 g/mol. The van der Waals surface area contributed by atoms with Crippen LogP contribution in [0.1, 0.15) is 11.1 Å². The first-order valence-corrected chi connectivity index (χ1v) is 3.71. The van der Waals surface area contributed by atoms with Crippen molar-refractivity contribution in [1.82, 2.24) is 0 Å². The highest BCUT2D eigenvalue weighted by molar-refractivity contribution is 5.97. The van der Waals surface area contributed by atoms with Crippen LogP contribution in [0.2, 0.25) is 0 Å². The van der Waals surface area contributed by atoms with Gasteiger partial charge in [-0.05, 0) is 12.1 Å². The van der Waals surface area contributed by atoms with Crippen LogP contribution in [0.25, 0.3) is 0 Å². The van der Waals surface area contributed by atoms with Crippen molar-refractivity contribution in [2.45, 2.75) is 6.18 Å². The van der Waals surface area contributed by atoms with Crippen LogP contribution in [0.3, 0.4) is 0 Å². The summed E-state index contributed by atoms with van der Waals surface area (Å²) in [5.74, 6) is -1.92. The summed E-state index contributed by atoms with van der Waals surface area (Å²) in [4.78, 5) is 0. The van der Waals surface area contributed by atoms with Crippen molar-refractivity contribution in [3.63, 3.8) is 0 Å². The highest BCUT2D eigenvalue weighted by Crippen LogP contribution is 2.31. The molecule has 0 aromatic heterocycles. The molecule has 15 heavy (non-hydrogen) atoms. The minimum Gasteiger partial charge on any atom is -0.409 e. The smallest absolute Gasteiger partial charge is 0.409 e. The standard InChI is InChI=1S/C8H6F4N2O/c9-6-3-4(7(13)14-15)1-2-5(6)8(10,11)12/h1-3,15H,(H2,13,14). The van der Waals surface area contributed by atoms with E-state index in [-0.39, 0.29) is 5.56 Å². The second-order valence-corrected chi connectivity index (χ2v) is 2.68. The fourth-order valence-electron chi connectivity index (χ4n) is 0.962. The van der Waals surface area contributed by atoms with Gasteiger partial charge in [-0.3, -0.25) is 0 Å². The molecule has 0 saturated carbocycles. The molecule has 3 N–H and O–H groups in total. The number of hydrogen-bond donors (Lipinski definition) is 2. The molecule has 0 aliphatic heterocycles. The number of hydrogen-bond acceptors (Lipinski definition) is 2. The minimum absolute atomic E-state index is 0.122. The molecule has 7 heteroatoms. The van der Waals surface area contributed by atoms with E-state index in [9.17, 15) is 17.6 Å². The molecule has 1 rings (SSSR count). The second kappa shape index (κ2) is 3.76. The van der Waals surface area contributed by atoms with Crippen molar-refractivity contribution in [2.24, 2.45) is 10.9 Å². The van der Waals surface area contributed by atoms with Gasteiger partial charge in [-0.2, -0.15) is 13.2 Å². The Hall–Kier alpha value is -1.79. The van der Waals surface area contributed by atoms with Gasteiger partial charge >= 0.3 is 6.18 Å². The number of benzene rings is 1. The van der Waals surface area contributed by atoms with Crippen LogP contribution in [0.15, 0.2) is 23.4 Å². The summed E-state index contributed by atoms with van der Waals surface area (Å²) in [5.41, 5.74) is 3.56. The first-order valence-electron chi connectivity index (χ1n) is 3.71. The molecule has 0 unspecified atom stereocenters. The lowest BCUT2D eigenvalue weighted by molar-refractivity contribution is -0.140. The molecule has 0 saturated heterocycles. The van der Waals surface area contributed by atoms with Gasteiger partial charge in [-0.15, -0.1) is 0 Å². The molecule has 0 heterocycles. The van der Waals surface area contributed by atoms with Crippen LogP contribution < -0.4 is 5.73 Å². The van der Waals surface area contributed by atoms with Gasteiger partial charge in [0, 0.05) is 5.56 Å². The van der Waals surface area contributed by atoms with E-state index >= 15 is 0 Å². The summed E-state index contributed by atoms with van der Waals surface area (Å²) >= 11 is 0. The number of nitrogens with zero attached hydrogens (tertiary/aromatic N) is 1. The van der Waals surface area contributed by atoms with E-state index < -0.39 is 23.4 Å². The van der Waals surface area contributed by atoms with Crippen molar-refractivity contribution < 1.29 is 22.8 Å². The van der Waals surface area contributed by atoms with Gasteiger partial charge in [-0.25, -0.2) is 4.39 Å². The topological polar surface area (TPSA) is 58.6 Å². The fourth-order valence-corrected chi connectivity index (χ4v) is 0.962. The lowest BCUT2D eigenvalue weighted by Crippen LogP contribution is -2.15. The Labute approximate surface area is 81.8 Å². The minimum atomic E-state index is -4.76. The van der Waals surface area contributed by atoms with E-state index in [4.69, 9.17) is 10.9 Å². The molecule has 1 aromatic rings. The maximum atomic E-state index is 12.9. The van der Waals surface area contributed by atoms with Crippen molar-refractivity contribution in [3.8, 4) is 0 Å². The summed E-state index contributed by atoms with van der Waals surface area (Å²) in [6.07, 6.45) is -4.76. The number of halogens is 4. The van der Waals surface area contributed by atoms with Gasteiger partial charge in [0.25, 0.3) is 0 Å². The fraction of sp³-hybridized carbons (Fsp3) is 0.125. The number of alkyl halides is 3. The average Bonchev–Trinajstić information content (AvgIpc) is 2.14. The highest BCUT2D eigenvalue weighted by Gasteiger charge is 2.33. The van der Waals surface area contributed by atoms with E-state index in [1.165, 1.54) is 0 Å². The molecule has 0 amide bonds. The molecular formula is C8H6F4N2O. The van der Waals surface area contributed by atoms with Gasteiger partial charge in [-0.1, -0.05) is 11.2 Å². The Morgan fingerprint density at radius 2 is 1.93 bits per heavy atom. The molecule has 0 aliphatic carbocycles. The highest BCUT2D eigenvalue weighted by atomic mass is 19.4. The van der Waals surface area contributed by atoms with Crippen LogP contribution in [-0.4, -0.2) is 11.0 Å². The van der Waals surface area contributed by atoms with E-state index in [1.807, 2.05) is 0 Å². The zero-order chi connectivity index (χ0) is 11.6. The summed E-state index contributed by atoms with van der Waals surface area (Å²) in [5, 5.41) is 10.8. The molecule has 1 aromatic carbocycles. The van der Waals surface area contributed by atoms with Crippen molar-refractivity contribution in [1.29, 1.82) is 0 Å². The van der Waals surface area contributed by atoms with E-state index in [2.05, 4.69) is 5.16 Å². The molecule has 0 atom stereocenters. The van der Waals surface area contributed by atoms with Gasteiger partial charge < -0.3 is 10.9 Å². The largest absolute Gasteiger partial charge is 0.419 e. The zero-order valence-electron chi connectivity index (χ0n) is 7.22. The van der Waals surface area contributed by atoms with Gasteiger partial charge in [0.2, 0.25) is 0 Å². The molecule has 0 spiro atoms. The quantitative estimate of drug-likeness (QED) is 0.251. The second-order valence-electron chi connectivity index (χ2n) is 2.68. The Bertz CT molecular complexity index is 400. The molecule has 0 fully saturated rings. The monoisotopic (exact) mass is 222 g/mol. The molecule has 82 valence electrons. The predicted octanol–water partition coefficient (Wildman–Crippen LogP) is 1.94. The summed E-state index contributed by atoms with van der Waals surface area (Å²) in [6.45, 7) is 0. The molecule has 0 aliphatic rings. The Morgan fingerprint density at radius 3 is 2.33 bits per heavy atom. The Kier molecular flexibility index (Phi) is 2.83. The van der Waals surface area contributed by atoms with Gasteiger partial charge in [0.1, 0.15) is 5.82 Å². The predicted molar refractivity (Wildman–Crippen MR) is 43.9 cm³/mol. The van der Waals surface area contributed by atoms with Crippen molar-refractivity contribution >= 4 is 5.84 Å². The van der Waals surface area contributed by atoms with Crippen LogP contribution in [0.4, 0.5) is 17.6 Å². The normalized spacial score (nSPS) is 12.9. The first-order chi connectivity index (χ1) is 6.86. The number of rotatable bonds is 1. The SMILES string of the molecule is N/C(=N\O)c1ccc(C(F)(F)F)c(F)c1. The summed E-state index contributed by atoms with van der Waals surface area (Å²) < 4.78 is 49.3. The van der Waals surface area contributed by atoms with Crippen LogP contribution >= 0.6 is 0 Å². The first kappa shape index (κ1) is 11.3. The van der Waals surface area contributed by atoms with Gasteiger partial charge in [0.15, 0.2) is 5.84 Å². The number of nitrogens with two attached hydrogens (primary N) is 1. The lowest BCUT2D eigenvalue weighted by atomic mass is 10.1.